The molecule has 7 nitrogen and oxygen atoms in total. The number of amides is 1. The highest BCUT2D eigenvalue weighted by atomic mass is 16.5. The van der Waals surface area contributed by atoms with E-state index in [9.17, 15) is 10.1 Å². The van der Waals surface area contributed by atoms with E-state index in [1.807, 2.05) is 74.5 Å². The Labute approximate surface area is 204 Å². The van der Waals surface area contributed by atoms with Gasteiger partial charge in [-0.3, -0.25) is 4.79 Å². The normalized spacial score (nSPS) is 11.2. The summed E-state index contributed by atoms with van der Waals surface area (Å²) in [6.45, 7) is 4.64. The first-order chi connectivity index (χ1) is 17.1. The van der Waals surface area contributed by atoms with Crippen molar-refractivity contribution < 1.29 is 14.3 Å². The molecule has 1 aromatic heterocycles. The summed E-state index contributed by atoms with van der Waals surface area (Å²) in [5.74, 6) is 1.31. The van der Waals surface area contributed by atoms with Crippen molar-refractivity contribution in [3.63, 3.8) is 0 Å². The van der Waals surface area contributed by atoms with Crippen LogP contribution in [0.2, 0.25) is 0 Å². The Balaban J connectivity index is 1.54. The van der Waals surface area contributed by atoms with Gasteiger partial charge in [-0.1, -0.05) is 36.4 Å². The molecule has 0 atom stereocenters. The molecule has 0 fully saturated rings. The Hall–Kier alpha value is -4.57. The quantitative estimate of drug-likeness (QED) is 0.331. The third-order valence-electron chi connectivity index (χ3n) is 5.38. The summed E-state index contributed by atoms with van der Waals surface area (Å²) < 4.78 is 11.6. The molecule has 1 heterocycles. The van der Waals surface area contributed by atoms with Crippen molar-refractivity contribution in [3.8, 4) is 17.6 Å². The van der Waals surface area contributed by atoms with E-state index >= 15 is 0 Å². The Morgan fingerprint density at radius 1 is 1.03 bits per heavy atom. The van der Waals surface area contributed by atoms with Gasteiger partial charge < -0.3 is 19.4 Å². The van der Waals surface area contributed by atoms with Crippen molar-refractivity contribution >= 4 is 34.3 Å². The topological polar surface area (TPSA) is 91.2 Å². The van der Waals surface area contributed by atoms with Crippen molar-refractivity contribution in [1.82, 2.24) is 9.97 Å². The maximum Gasteiger partial charge on any atom is 0.264 e. The molecule has 0 saturated heterocycles. The van der Waals surface area contributed by atoms with Crippen molar-refractivity contribution in [2.75, 3.05) is 24.7 Å². The molecule has 0 aliphatic carbocycles. The highest BCUT2D eigenvalue weighted by Crippen LogP contribution is 2.30. The zero-order valence-electron chi connectivity index (χ0n) is 19.7. The van der Waals surface area contributed by atoms with Gasteiger partial charge in [-0.05, 0) is 61.9 Å². The second-order valence-electron chi connectivity index (χ2n) is 7.67. The number of hydrogen-bond donors (Lipinski definition) is 1. The van der Waals surface area contributed by atoms with Gasteiger partial charge in [0.25, 0.3) is 5.91 Å². The van der Waals surface area contributed by atoms with Crippen LogP contribution in [0.25, 0.3) is 22.7 Å². The van der Waals surface area contributed by atoms with Gasteiger partial charge in [0.1, 0.15) is 11.9 Å². The second-order valence-corrected chi connectivity index (χ2v) is 7.67. The highest BCUT2D eigenvalue weighted by Gasteiger charge is 2.16. The fraction of sp³-hybridized carbons (Fsp3) is 0.179. The maximum atomic E-state index is 12.8. The van der Waals surface area contributed by atoms with Gasteiger partial charge in [0, 0.05) is 12.2 Å². The number of para-hydroxylation sites is 3. The lowest BCUT2D eigenvalue weighted by Gasteiger charge is -2.21. The minimum absolute atomic E-state index is 0.125. The number of hydrogen-bond acceptors (Lipinski definition) is 5. The molecule has 4 aromatic rings. The number of aromatic nitrogens is 2. The summed E-state index contributed by atoms with van der Waals surface area (Å²) >= 11 is 0. The van der Waals surface area contributed by atoms with Crippen molar-refractivity contribution in [2.24, 2.45) is 0 Å². The van der Waals surface area contributed by atoms with Gasteiger partial charge in [-0.15, -0.1) is 0 Å². The van der Waals surface area contributed by atoms with E-state index in [0.717, 1.165) is 22.3 Å². The molecular weight excluding hydrogens is 440 g/mol. The molecule has 35 heavy (non-hydrogen) atoms. The molecule has 1 N–H and O–H groups in total. The Morgan fingerprint density at radius 3 is 2.51 bits per heavy atom. The fourth-order valence-corrected chi connectivity index (χ4v) is 3.73. The first-order valence-corrected chi connectivity index (χ1v) is 11.4. The van der Waals surface area contributed by atoms with E-state index in [4.69, 9.17) is 9.47 Å². The standard InChI is InChI=1S/C28H26N4O3/c1-3-32(22-10-6-5-7-11-22)27(33)19-35-25-15-14-20(17-26(25)34-4-2)16-21(18-29)28-30-23-12-8-9-13-24(23)31-28/h5-17H,3-4,19H2,1-2H3,(H,30,31)/b21-16+. The molecule has 0 aliphatic heterocycles. The molecule has 3 aromatic carbocycles. The number of rotatable bonds is 9. The number of nitriles is 1. The fourth-order valence-electron chi connectivity index (χ4n) is 3.73. The number of nitrogens with one attached hydrogen (secondary N) is 1. The first kappa shape index (κ1) is 23.6. The lowest BCUT2D eigenvalue weighted by Crippen LogP contribution is -2.34. The van der Waals surface area contributed by atoms with Crippen LogP contribution in [-0.4, -0.2) is 35.6 Å². The third-order valence-corrected chi connectivity index (χ3v) is 5.38. The maximum absolute atomic E-state index is 12.8. The summed E-state index contributed by atoms with van der Waals surface area (Å²) in [4.78, 5) is 22.2. The van der Waals surface area contributed by atoms with Gasteiger partial charge >= 0.3 is 0 Å². The van der Waals surface area contributed by atoms with Gasteiger partial charge in [0.05, 0.1) is 23.2 Å². The van der Waals surface area contributed by atoms with Gasteiger partial charge in [0.2, 0.25) is 0 Å². The molecule has 176 valence electrons. The van der Waals surface area contributed by atoms with E-state index < -0.39 is 0 Å². The summed E-state index contributed by atoms with van der Waals surface area (Å²) in [6.07, 6.45) is 1.74. The molecule has 0 saturated carbocycles. The number of ether oxygens (including phenoxy) is 2. The number of carbonyl (C=O) groups excluding carboxylic acids is 1. The average molecular weight is 467 g/mol. The van der Waals surface area contributed by atoms with Gasteiger partial charge in [-0.25, -0.2) is 4.98 Å². The average Bonchev–Trinajstić information content (AvgIpc) is 3.32. The summed E-state index contributed by atoms with van der Waals surface area (Å²) in [5, 5.41) is 9.73. The molecule has 0 aliphatic rings. The zero-order chi connectivity index (χ0) is 24.6. The molecule has 0 unspecified atom stereocenters. The van der Waals surface area contributed by atoms with Crippen molar-refractivity contribution in [1.29, 1.82) is 5.26 Å². The minimum Gasteiger partial charge on any atom is -0.490 e. The number of anilines is 1. The molecule has 4 rings (SSSR count). The Kier molecular flexibility index (Phi) is 7.44. The lowest BCUT2D eigenvalue weighted by atomic mass is 10.1. The number of H-pyrrole nitrogens is 1. The first-order valence-electron chi connectivity index (χ1n) is 11.4. The number of likely N-dealkylation sites (N-methyl/N-ethyl adjacent to an activating group) is 1. The number of carbonyl (C=O) groups is 1. The zero-order valence-corrected chi connectivity index (χ0v) is 19.7. The largest absolute Gasteiger partial charge is 0.490 e. The molecule has 1 amide bonds. The van der Waals surface area contributed by atoms with Crippen LogP contribution in [-0.2, 0) is 4.79 Å². The Bertz CT molecular complexity index is 1350. The van der Waals surface area contributed by atoms with E-state index in [1.54, 1.807) is 23.1 Å². The van der Waals surface area contributed by atoms with Crippen LogP contribution < -0.4 is 14.4 Å². The molecule has 7 heteroatoms. The molecular formula is C28H26N4O3. The van der Waals surface area contributed by atoms with E-state index in [2.05, 4.69) is 16.0 Å². The van der Waals surface area contributed by atoms with Crippen molar-refractivity contribution in [3.05, 3.63) is 84.2 Å². The molecule has 0 radical (unpaired) electrons. The SMILES string of the molecule is CCOc1cc(/C=C(\C#N)c2nc3ccccc3[nH]2)ccc1OCC(=O)N(CC)c1ccccc1. The van der Waals surface area contributed by atoms with Crippen LogP contribution in [0.1, 0.15) is 25.2 Å². The van der Waals surface area contributed by atoms with Crippen LogP contribution in [0.15, 0.2) is 72.8 Å². The monoisotopic (exact) mass is 466 g/mol. The molecule has 0 bridgehead atoms. The summed E-state index contributed by atoms with van der Waals surface area (Å²) in [5.41, 5.74) is 3.63. The number of benzene rings is 3. The predicted octanol–water partition coefficient (Wildman–Crippen LogP) is 5.46. The van der Waals surface area contributed by atoms with Crippen LogP contribution in [0.5, 0.6) is 11.5 Å². The summed E-state index contributed by atoms with van der Waals surface area (Å²) in [7, 11) is 0. The smallest absolute Gasteiger partial charge is 0.264 e. The predicted molar refractivity (Wildman–Crippen MR) is 137 cm³/mol. The second kappa shape index (κ2) is 11.0. The van der Waals surface area contributed by atoms with Crippen molar-refractivity contribution in [2.45, 2.75) is 13.8 Å². The number of allylic oxidation sites excluding steroid dienone is 1. The van der Waals surface area contributed by atoms with E-state index in [-0.39, 0.29) is 12.5 Å². The number of imidazole rings is 1. The minimum atomic E-state index is -0.151. The third kappa shape index (κ3) is 5.50. The van der Waals surface area contributed by atoms with Gasteiger partial charge in [0.15, 0.2) is 18.1 Å². The van der Waals surface area contributed by atoms with Crippen LogP contribution in [0, 0.1) is 11.3 Å². The van der Waals surface area contributed by atoms with Crippen LogP contribution in [0.4, 0.5) is 5.69 Å². The van der Waals surface area contributed by atoms with Crippen LogP contribution in [0.3, 0.4) is 0 Å². The lowest BCUT2D eigenvalue weighted by molar-refractivity contribution is -0.120. The highest BCUT2D eigenvalue weighted by molar-refractivity contribution is 5.94. The number of aromatic amines is 1. The van der Waals surface area contributed by atoms with Gasteiger partial charge in [-0.2, -0.15) is 5.26 Å². The Morgan fingerprint density at radius 2 is 1.80 bits per heavy atom. The molecule has 0 spiro atoms. The van der Waals surface area contributed by atoms with Crippen LogP contribution >= 0.6 is 0 Å². The number of fused-ring (bicyclic) bond motifs is 1. The summed E-state index contributed by atoms with van der Waals surface area (Å²) in [6, 6.07) is 24.7. The number of nitrogens with zero attached hydrogens (tertiary/aromatic N) is 3. The van der Waals surface area contributed by atoms with E-state index in [1.165, 1.54) is 0 Å². The van der Waals surface area contributed by atoms with E-state index in [0.29, 0.717) is 36.0 Å².